The van der Waals surface area contributed by atoms with Gasteiger partial charge in [0.25, 0.3) is 5.91 Å². The maximum absolute atomic E-state index is 14.1. The van der Waals surface area contributed by atoms with E-state index in [0.717, 1.165) is 10.6 Å². The molecule has 0 aliphatic carbocycles. The predicted molar refractivity (Wildman–Crippen MR) is 88.4 cm³/mol. The van der Waals surface area contributed by atoms with E-state index in [1.807, 2.05) is 18.0 Å². The highest BCUT2D eigenvalue weighted by molar-refractivity contribution is 6.31. The highest BCUT2D eigenvalue weighted by atomic mass is 35.5. The molecule has 3 aliphatic heterocycles. The van der Waals surface area contributed by atoms with Crippen molar-refractivity contribution in [2.75, 3.05) is 7.05 Å². The highest BCUT2D eigenvalue weighted by Gasteiger charge is 2.54. The summed E-state index contributed by atoms with van der Waals surface area (Å²) in [7, 11) is 1.62. The number of likely N-dealkylation sites (N-methyl/N-ethyl adjacent to an activating group) is 1. The number of allylic oxidation sites excluding steroid dienone is 1. The molecule has 3 amide bonds. The number of halogens is 2. The first-order chi connectivity index (χ1) is 11.9. The number of imide groups is 1. The molecule has 0 spiro atoms. The summed E-state index contributed by atoms with van der Waals surface area (Å²) in [5.41, 5.74) is 1.05. The number of hydrogen-bond acceptors (Lipinski definition) is 5. The molecular weight excluding hydrogens is 349 g/mol. The summed E-state index contributed by atoms with van der Waals surface area (Å²) >= 11 is 6.05. The van der Waals surface area contributed by atoms with Crippen LogP contribution in [0.5, 0.6) is 0 Å². The first-order valence-electron chi connectivity index (χ1n) is 7.88. The van der Waals surface area contributed by atoms with E-state index in [0.29, 0.717) is 0 Å². The number of carbonyl (C=O) groups is 2. The van der Waals surface area contributed by atoms with Crippen molar-refractivity contribution in [1.29, 1.82) is 0 Å². The zero-order valence-electron chi connectivity index (χ0n) is 13.7. The summed E-state index contributed by atoms with van der Waals surface area (Å²) in [5.74, 6) is -0.922. The lowest BCUT2D eigenvalue weighted by atomic mass is 10.1. The van der Waals surface area contributed by atoms with Crippen molar-refractivity contribution in [1.82, 2.24) is 25.3 Å². The Balaban J connectivity index is 1.67. The minimum absolute atomic E-state index is 0.131. The van der Waals surface area contributed by atoms with E-state index in [-0.39, 0.29) is 29.3 Å². The Hall–Kier alpha value is -2.32. The van der Waals surface area contributed by atoms with Gasteiger partial charge in [0.1, 0.15) is 18.0 Å². The van der Waals surface area contributed by atoms with Crippen LogP contribution in [0.1, 0.15) is 12.5 Å². The quantitative estimate of drug-likeness (QED) is 0.825. The molecule has 3 heterocycles. The van der Waals surface area contributed by atoms with E-state index < -0.39 is 24.1 Å². The van der Waals surface area contributed by atoms with Gasteiger partial charge in [0.15, 0.2) is 6.29 Å². The van der Waals surface area contributed by atoms with E-state index in [2.05, 4.69) is 10.6 Å². The Kier molecular flexibility index (Phi) is 3.62. The van der Waals surface area contributed by atoms with Crippen LogP contribution < -0.4 is 10.6 Å². The zero-order valence-corrected chi connectivity index (χ0v) is 14.4. The molecule has 0 radical (unpaired) electrons. The molecule has 2 N–H and O–H groups in total. The van der Waals surface area contributed by atoms with E-state index in [4.69, 9.17) is 11.6 Å². The summed E-state index contributed by atoms with van der Waals surface area (Å²) in [6.45, 7) is 1.69. The third-order valence-corrected chi connectivity index (χ3v) is 5.16. The monoisotopic (exact) mass is 365 g/mol. The van der Waals surface area contributed by atoms with Gasteiger partial charge in [-0.2, -0.15) is 0 Å². The van der Waals surface area contributed by atoms with Gasteiger partial charge in [-0.05, 0) is 19.1 Å². The largest absolute Gasteiger partial charge is 0.355 e. The number of nitrogens with zero attached hydrogens (tertiary/aromatic N) is 3. The summed E-state index contributed by atoms with van der Waals surface area (Å²) in [4.78, 5) is 30.0. The normalized spacial score (nSPS) is 28.1. The fourth-order valence-electron chi connectivity index (χ4n) is 3.55. The van der Waals surface area contributed by atoms with Gasteiger partial charge in [-0.25, -0.2) is 9.18 Å². The third kappa shape index (κ3) is 2.36. The van der Waals surface area contributed by atoms with Crippen LogP contribution in [0.4, 0.5) is 9.18 Å². The summed E-state index contributed by atoms with van der Waals surface area (Å²) < 4.78 is 14.1. The second-order valence-corrected chi connectivity index (χ2v) is 6.79. The van der Waals surface area contributed by atoms with Crippen molar-refractivity contribution in [3.63, 3.8) is 0 Å². The van der Waals surface area contributed by atoms with Gasteiger partial charge in [-0.1, -0.05) is 17.7 Å². The average molecular weight is 366 g/mol. The van der Waals surface area contributed by atoms with Crippen molar-refractivity contribution in [3.05, 3.63) is 46.5 Å². The number of nitrogens with one attached hydrogen (secondary N) is 2. The van der Waals surface area contributed by atoms with Gasteiger partial charge < -0.3 is 15.1 Å². The molecule has 3 unspecified atom stereocenters. The molecule has 25 heavy (non-hydrogen) atoms. The lowest BCUT2D eigenvalue weighted by Crippen LogP contribution is -2.65. The van der Waals surface area contributed by atoms with E-state index in [1.54, 1.807) is 7.05 Å². The van der Waals surface area contributed by atoms with Crippen molar-refractivity contribution < 1.29 is 14.0 Å². The number of urea groups is 1. The molecular formula is C16H17ClFN5O2. The molecule has 4 rings (SSSR count). The van der Waals surface area contributed by atoms with Crippen LogP contribution in [0.2, 0.25) is 5.02 Å². The zero-order chi connectivity index (χ0) is 17.9. The molecule has 1 aromatic rings. The fraction of sp³-hybridized carbons (Fsp3) is 0.375. The van der Waals surface area contributed by atoms with E-state index in [9.17, 15) is 14.0 Å². The van der Waals surface area contributed by atoms with Crippen molar-refractivity contribution in [2.45, 2.75) is 32.0 Å². The molecule has 0 aromatic heterocycles. The number of benzene rings is 1. The SMILES string of the molecule is CC1=CN2C(N1)NC1C2C(=O)N(Cc2c(F)cccc2Cl)C(=O)N1C. The Bertz CT molecular complexity index is 780. The molecule has 2 fully saturated rings. The second-order valence-electron chi connectivity index (χ2n) is 6.38. The lowest BCUT2D eigenvalue weighted by molar-refractivity contribution is -0.137. The number of rotatable bonds is 2. The number of fused-ring (bicyclic) bond motifs is 3. The second kappa shape index (κ2) is 5.60. The van der Waals surface area contributed by atoms with Crippen LogP contribution >= 0.6 is 11.6 Å². The average Bonchev–Trinajstić information content (AvgIpc) is 3.07. The fourth-order valence-corrected chi connectivity index (χ4v) is 3.77. The van der Waals surface area contributed by atoms with Crippen LogP contribution in [0.15, 0.2) is 30.1 Å². The van der Waals surface area contributed by atoms with Crippen LogP contribution in [0.3, 0.4) is 0 Å². The van der Waals surface area contributed by atoms with Gasteiger partial charge >= 0.3 is 6.03 Å². The first-order valence-corrected chi connectivity index (χ1v) is 8.26. The van der Waals surface area contributed by atoms with Gasteiger partial charge in [0.05, 0.1) is 6.54 Å². The molecule has 7 nitrogen and oxygen atoms in total. The van der Waals surface area contributed by atoms with Crippen LogP contribution in [-0.4, -0.2) is 52.2 Å². The Morgan fingerprint density at radius 2 is 2.08 bits per heavy atom. The minimum atomic E-state index is -0.580. The van der Waals surface area contributed by atoms with Crippen molar-refractivity contribution in [2.24, 2.45) is 0 Å². The van der Waals surface area contributed by atoms with E-state index >= 15 is 0 Å². The van der Waals surface area contributed by atoms with E-state index in [1.165, 1.54) is 23.1 Å². The van der Waals surface area contributed by atoms with Crippen molar-refractivity contribution >= 4 is 23.5 Å². The molecule has 0 bridgehead atoms. The molecule has 9 heteroatoms. The van der Waals surface area contributed by atoms with Gasteiger partial charge in [0, 0.05) is 29.5 Å². The maximum atomic E-state index is 14.1. The molecule has 0 saturated carbocycles. The highest BCUT2D eigenvalue weighted by Crippen LogP contribution is 2.31. The summed E-state index contributed by atoms with van der Waals surface area (Å²) in [5, 5.41) is 6.61. The van der Waals surface area contributed by atoms with Crippen LogP contribution in [0.25, 0.3) is 0 Å². The minimum Gasteiger partial charge on any atom is -0.355 e. The molecule has 3 atom stereocenters. The Labute approximate surface area is 149 Å². The number of amides is 3. The van der Waals surface area contributed by atoms with Gasteiger partial charge in [-0.15, -0.1) is 0 Å². The first kappa shape index (κ1) is 16.2. The van der Waals surface area contributed by atoms with Crippen LogP contribution in [-0.2, 0) is 11.3 Å². The number of carbonyl (C=O) groups excluding carboxylic acids is 2. The van der Waals surface area contributed by atoms with Gasteiger partial charge in [0.2, 0.25) is 0 Å². The molecule has 132 valence electrons. The summed E-state index contributed by atoms with van der Waals surface area (Å²) in [6.07, 6.45) is 1.15. The smallest absolute Gasteiger partial charge is 0.328 e. The lowest BCUT2D eigenvalue weighted by Gasteiger charge is -2.40. The predicted octanol–water partition coefficient (Wildman–Crippen LogP) is 1.22. The summed E-state index contributed by atoms with van der Waals surface area (Å²) in [6, 6.07) is 3.21. The third-order valence-electron chi connectivity index (χ3n) is 4.80. The number of hydrogen-bond donors (Lipinski definition) is 2. The molecule has 3 aliphatic rings. The van der Waals surface area contributed by atoms with Crippen molar-refractivity contribution in [3.8, 4) is 0 Å². The van der Waals surface area contributed by atoms with Gasteiger partial charge in [-0.3, -0.25) is 15.0 Å². The maximum Gasteiger partial charge on any atom is 0.328 e. The molecule has 2 saturated heterocycles. The standard InChI is InChI=1S/C16H17ClFN5O2/c1-8-6-22-12-13(20-15(22)19-8)21(2)16(25)23(14(12)24)7-9-10(17)4-3-5-11(9)18/h3-6,12-13,15,19-20H,7H2,1-2H3. The molecule has 1 aromatic carbocycles. The van der Waals surface area contributed by atoms with Crippen LogP contribution in [0, 0.1) is 5.82 Å². The topological polar surface area (TPSA) is 67.9 Å². The Morgan fingerprint density at radius 1 is 1.32 bits per heavy atom. The Morgan fingerprint density at radius 3 is 2.80 bits per heavy atom.